The number of nitrogens with zero attached hydrogens (tertiary/aromatic N) is 2. The van der Waals surface area contributed by atoms with Crippen LogP contribution in [-0.4, -0.2) is 89.6 Å². The van der Waals surface area contributed by atoms with Gasteiger partial charge in [0.2, 0.25) is 11.8 Å². The fourth-order valence-corrected chi connectivity index (χ4v) is 7.97. The summed E-state index contributed by atoms with van der Waals surface area (Å²) >= 11 is 3.67. The lowest BCUT2D eigenvalue weighted by atomic mass is 9.70. The van der Waals surface area contributed by atoms with Crippen LogP contribution in [0.25, 0.3) is 0 Å². The molecule has 3 aliphatic heterocycles. The molecule has 0 aromatic heterocycles. The second kappa shape index (κ2) is 14.8. The van der Waals surface area contributed by atoms with Gasteiger partial charge >= 0.3 is 5.97 Å². The predicted octanol–water partition coefficient (Wildman–Crippen LogP) is 3.32. The molecule has 3 saturated heterocycles. The molecule has 1 unspecified atom stereocenters. The molecule has 3 amide bonds. The number of carbonyl (C=O) groups excluding carboxylic acids is 4. The zero-order valence-corrected chi connectivity index (χ0v) is 27.8. The van der Waals surface area contributed by atoms with Gasteiger partial charge in [0.1, 0.15) is 23.5 Å². The van der Waals surface area contributed by atoms with E-state index in [2.05, 4.69) is 34.4 Å². The standard InChI is InChI=1S/C35H40BrN3O8/c1-4-6-12-27(41)37-21-26(22-10-8-7-9-11-22)46-34(44)28-29-32(42)39(18-19-40)31(35(29)20-25(36)30(28)47-35)33(43)38(17-5-2)23-13-15-24(45-3)16-14-23/h4-5,7-11,13-16,25-26,28-31,40H,1-2,6,12,17-21H2,3H3,(H,37,41)/t25?,26-,28+,29-,30+,31+,35-/m1/s1. The topological polar surface area (TPSA) is 135 Å². The van der Waals surface area contributed by atoms with E-state index in [0.717, 1.165) is 0 Å². The highest BCUT2D eigenvalue weighted by atomic mass is 79.9. The maximum atomic E-state index is 14.5. The molecule has 3 fully saturated rings. The lowest BCUT2D eigenvalue weighted by molar-refractivity contribution is -0.160. The molecular weight excluding hydrogens is 670 g/mol. The minimum absolute atomic E-state index is 0.0294. The van der Waals surface area contributed by atoms with E-state index in [0.29, 0.717) is 29.8 Å². The number of β-amino-alcohol motifs (C(OH)–C–C–N with tert-alkyl or cyclic N) is 1. The molecule has 2 aromatic rings. The van der Waals surface area contributed by atoms with Gasteiger partial charge in [0.15, 0.2) is 0 Å². The molecule has 1 spiro atoms. The third-order valence-electron chi connectivity index (χ3n) is 9.09. The Bertz CT molecular complexity index is 1490. The first-order valence-electron chi connectivity index (χ1n) is 15.6. The fraction of sp³-hybridized carbons (Fsp3) is 0.429. The first kappa shape index (κ1) is 34.3. The van der Waals surface area contributed by atoms with Gasteiger partial charge in [0.25, 0.3) is 5.91 Å². The highest BCUT2D eigenvalue weighted by Crippen LogP contribution is 2.60. The van der Waals surface area contributed by atoms with Crippen LogP contribution >= 0.6 is 15.9 Å². The van der Waals surface area contributed by atoms with Crippen LogP contribution in [0.15, 0.2) is 79.9 Å². The Kier molecular flexibility index (Phi) is 10.8. The van der Waals surface area contributed by atoms with Crippen molar-refractivity contribution in [3.63, 3.8) is 0 Å². The number of likely N-dealkylation sites (tertiary alicyclic amines) is 1. The number of amides is 3. The van der Waals surface area contributed by atoms with Gasteiger partial charge in [-0.15, -0.1) is 13.2 Å². The Morgan fingerprint density at radius 2 is 1.89 bits per heavy atom. The van der Waals surface area contributed by atoms with Crippen LogP contribution in [0.4, 0.5) is 5.69 Å². The van der Waals surface area contributed by atoms with Crippen LogP contribution in [0.3, 0.4) is 0 Å². The number of anilines is 1. The first-order chi connectivity index (χ1) is 22.7. The van der Waals surface area contributed by atoms with Crippen molar-refractivity contribution in [1.82, 2.24) is 10.2 Å². The minimum atomic E-state index is -1.35. The van der Waals surface area contributed by atoms with E-state index in [1.54, 1.807) is 67.8 Å². The number of allylic oxidation sites excluding steroid dienone is 1. The lowest BCUT2D eigenvalue weighted by Gasteiger charge is -2.37. The van der Waals surface area contributed by atoms with Gasteiger partial charge < -0.3 is 34.4 Å². The van der Waals surface area contributed by atoms with Gasteiger partial charge in [0, 0.05) is 30.0 Å². The molecule has 3 heterocycles. The van der Waals surface area contributed by atoms with E-state index >= 15 is 0 Å². The number of aliphatic hydroxyl groups is 1. The monoisotopic (exact) mass is 709 g/mol. The van der Waals surface area contributed by atoms with E-state index in [1.807, 2.05) is 6.07 Å². The second-order valence-corrected chi connectivity index (χ2v) is 13.0. The largest absolute Gasteiger partial charge is 0.497 e. The maximum Gasteiger partial charge on any atom is 0.313 e. The number of rotatable bonds is 15. The average Bonchev–Trinajstić information content (AvgIpc) is 3.68. The van der Waals surface area contributed by atoms with E-state index in [1.165, 1.54) is 9.80 Å². The van der Waals surface area contributed by atoms with Crippen molar-refractivity contribution in [1.29, 1.82) is 0 Å². The van der Waals surface area contributed by atoms with Crippen molar-refractivity contribution in [3.8, 4) is 5.75 Å². The number of esters is 1. The molecule has 2 N–H and O–H groups in total. The van der Waals surface area contributed by atoms with Gasteiger partial charge in [-0.3, -0.25) is 19.2 Å². The summed E-state index contributed by atoms with van der Waals surface area (Å²) in [5.74, 6) is -3.18. The average molecular weight is 711 g/mol. The van der Waals surface area contributed by atoms with Crippen molar-refractivity contribution < 1.29 is 38.5 Å². The van der Waals surface area contributed by atoms with Crippen LogP contribution in [-0.2, 0) is 28.7 Å². The Morgan fingerprint density at radius 3 is 2.53 bits per heavy atom. The molecule has 7 atom stereocenters. The lowest BCUT2D eigenvalue weighted by Crippen LogP contribution is -2.57. The minimum Gasteiger partial charge on any atom is -0.497 e. The molecule has 250 valence electrons. The molecule has 3 aliphatic rings. The SMILES string of the molecule is C=CCCC(=O)NC[C@@H](OC(=O)[C@@H]1[C@H]2O[C@@]3(CC2Br)[C@H](C(=O)N(CC=C)c2ccc(OC)cc2)N(CCO)C(=O)[C@@H]13)c1ccccc1. The summed E-state index contributed by atoms with van der Waals surface area (Å²) in [5, 5.41) is 12.8. The molecule has 11 nitrogen and oxygen atoms in total. The number of hydrogen-bond acceptors (Lipinski definition) is 8. The number of alkyl halides is 1. The van der Waals surface area contributed by atoms with Gasteiger partial charge in [-0.2, -0.15) is 0 Å². The molecule has 47 heavy (non-hydrogen) atoms. The summed E-state index contributed by atoms with van der Waals surface area (Å²) < 4.78 is 17.9. The zero-order chi connectivity index (χ0) is 33.7. The smallest absolute Gasteiger partial charge is 0.313 e. The molecular formula is C35H40BrN3O8. The third kappa shape index (κ3) is 6.59. The van der Waals surface area contributed by atoms with E-state index in [-0.39, 0.29) is 43.4 Å². The number of hydrogen-bond donors (Lipinski definition) is 2. The van der Waals surface area contributed by atoms with Crippen LogP contribution in [0.2, 0.25) is 0 Å². The Morgan fingerprint density at radius 1 is 1.17 bits per heavy atom. The molecule has 0 radical (unpaired) electrons. The van der Waals surface area contributed by atoms with Gasteiger partial charge in [-0.25, -0.2) is 0 Å². The number of methoxy groups -OCH3 is 1. The summed E-state index contributed by atoms with van der Waals surface area (Å²) in [6.45, 7) is 7.13. The quantitative estimate of drug-likeness (QED) is 0.164. The van der Waals surface area contributed by atoms with E-state index in [9.17, 15) is 24.3 Å². The number of nitrogens with one attached hydrogen (secondary N) is 1. The summed E-state index contributed by atoms with van der Waals surface area (Å²) in [7, 11) is 1.55. The van der Waals surface area contributed by atoms with Crippen LogP contribution in [0.1, 0.15) is 30.9 Å². The Labute approximate surface area is 282 Å². The highest BCUT2D eigenvalue weighted by Gasteiger charge is 2.77. The predicted molar refractivity (Wildman–Crippen MR) is 178 cm³/mol. The molecule has 12 heteroatoms. The first-order valence-corrected chi connectivity index (χ1v) is 16.5. The van der Waals surface area contributed by atoms with Crippen molar-refractivity contribution >= 4 is 45.3 Å². The van der Waals surface area contributed by atoms with Gasteiger partial charge in [-0.05, 0) is 42.7 Å². The zero-order valence-electron chi connectivity index (χ0n) is 26.3. The number of halogens is 1. The van der Waals surface area contributed by atoms with Crippen molar-refractivity contribution in [2.45, 2.75) is 47.9 Å². The van der Waals surface area contributed by atoms with Crippen molar-refractivity contribution in [3.05, 3.63) is 85.5 Å². The normalized spacial score (nSPS) is 26.3. The molecule has 2 bridgehead atoms. The maximum absolute atomic E-state index is 14.5. The van der Waals surface area contributed by atoms with Crippen molar-refractivity contribution in [2.75, 3.05) is 38.3 Å². The van der Waals surface area contributed by atoms with Crippen LogP contribution < -0.4 is 15.0 Å². The summed E-state index contributed by atoms with van der Waals surface area (Å²) in [4.78, 5) is 57.8. The molecule has 5 rings (SSSR count). The Balaban J connectivity index is 1.46. The molecule has 0 aliphatic carbocycles. The molecule has 2 aromatic carbocycles. The van der Waals surface area contributed by atoms with Gasteiger partial charge in [-0.1, -0.05) is 58.4 Å². The Hall–Kier alpha value is -4.00. The van der Waals surface area contributed by atoms with Crippen LogP contribution in [0.5, 0.6) is 5.75 Å². The van der Waals surface area contributed by atoms with Crippen LogP contribution in [0, 0.1) is 11.8 Å². The second-order valence-electron chi connectivity index (χ2n) is 11.8. The number of benzene rings is 2. The van der Waals surface area contributed by atoms with Gasteiger partial charge in [0.05, 0.1) is 38.2 Å². The highest BCUT2D eigenvalue weighted by molar-refractivity contribution is 9.09. The van der Waals surface area contributed by atoms with E-state index < -0.39 is 53.5 Å². The summed E-state index contributed by atoms with van der Waals surface area (Å²) in [5.41, 5.74) is -0.114. The summed E-state index contributed by atoms with van der Waals surface area (Å²) in [6, 6.07) is 14.9. The number of fused-ring (bicyclic) bond motifs is 1. The van der Waals surface area contributed by atoms with Crippen molar-refractivity contribution in [2.24, 2.45) is 11.8 Å². The number of ether oxygens (including phenoxy) is 3. The fourth-order valence-electron chi connectivity index (χ4n) is 7.03. The number of carbonyl (C=O) groups is 4. The third-order valence-corrected chi connectivity index (χ3v) is 9.93. The van der Waals surface area contributed by atoms with E-state index in [4.69, 9.17) is 14.2 Å². The number of aliphatic hydroxyl groups excluding tert-OH is 1. The molecule has 0 saturated carbocycles. The summed E-state index contributed by atoms with van der Waals surface area (Å²) in [6.07, 6.45) is 2.72.